The summed E-state index contributed by atoms with van der Waals surface area (Å²) >= 11 is 0. The van der Waals surface area contributed by atoms with Crippen LogP contribution in [0.3, 0.4) is 0 Å². The molecule has 0 saturated carbocycles. The number of nitrogens with zero attached hydrogens (tertiary/aromatic N) is 2. The lowest BCUT2D eigenvalue weighted by Crippen LogP contribution is -2.33. The fourth-order valence-corrected chi connectivity index (χ4v) is 10.6. The molecular formula is C64H44N2. The van der Waals surface area contributed by atoms with Crippen LogP contribution in [0.1, 0.15) is 11.1 Å². The second-order valence-corrected chi connectivity index (χ2v) is 17.7. The summed E-state index contributed by atoms with van der Waals surface area (Å²) < 4.78 is 0. The second-order valence-electron chi connectivity index (χ2n) is 17.7. The largest absolute Gasteiger partial charge is 0.333 e. The Hall–Kier alpha value is -8.46. The first kappa shape index (κ1) is 38.0. The first-order valence-electron chi connectivity index (χ1n) is 23.0. The molecule has 310 valence electrons. The second kappa shape index (κ2) is 15.7. The average molecular weight is 841 g/mol. The van der Waals surface area contributed by atoms with Gasteiger partial charge in [-0.2, -0.15) is 0 Å². The van der Waals surface area contributed by atoms with Crippen LogP contribution < -0.4 is 9.80 Å². The van der Waals surface area contributed by atoms with E-state index < -0.39 is 0 Å². The van der Waals surface area contributed by atoms with Crippen LogP contribution in [0, 0.1) is 0 Å². The van der Waals surface area contributed by atoms with E-state index in [1.54, 1.807) is 0 Å². The van der Waals surface area contributed by atoms with Gasteiger partial charge in [0.15, 0.2) is 0 Å². The van der Waals surface area contributed by atoms with Crippen LogP contribution in [-0.2, 0) is 6.42 Å². The van der Waals surface area contributed by atoms with E-state index in [0.29, 0.717) is 0 Å². The molecule has 0 heterocycles. The molecule has 0 spiro atoms. The van der Waals surface area contributed by atoms with Gasteiger partial charge in [0.1, 0.15) is 0 Å². The third kappa shape index (κ3) is 6.49. The molecule has 66 heavy (non-hydrogen) atoms. The van der Waals surface area contributed by atoms with E-state index in [0.717, 1.165) is 23.5 Å². The number of fused-ring (bicyclic) bond motifs is 7. The third-order valence-corrected chi connectivity index (χ3v) is 13.8. The molecule has 0 aliphatic heterocycles. The van der Waals surface area contributed by atoms with Crippen molar-refractivity contribution in [3.05, 3.63) is 254 Å². The lowest BCUT2D eigenvalue weighted by Gasteiger charge is -2.37. The number of benzene rings is 12. The highest BCUT2D eigenvalue weighted by Crippen LogP contribution is 2.52. The normalized spacial score (nSPS) is 13.5. The molecule has 2 heteroatoms. The lowest BCUT2D eigenvalue weighted by atomic mass is 9.89. The first-order valence-corrected chi connectivity index (χ1v) is 23.0. The standard InChI is InChI=1S/C64H44N2/c1-6-18-48-37-53(26-25-43(48)13-1)54-31-36-61-62(42-54)64(66(57-34-29-46-16-4-9-21-51(46)40-57)58-35-30-47-17-5-10-22-52(47)41-58)60-24-12-11-23-59(60)63(61)65(55-32-27-44-14-2-7-19-49(44)38-55)56-33-28-45-15-3-8-20-50(45)39-56/h1-40,42,58H,41H2. The minimum atomic E-state index is 0.0416. The Morgan fingerprint density at radius 1 is 0.318 bits per heavy atom. The lowest BCUT2D eigenvalue weighted by molar-refractivity contribution is 0.771. The van der Waals surface area contributed by atoms with Gasteiger partial charge in [0.2, 0.25) is 0 Å². The summed E-state index contributed by atoms with van der Waals surface area (Å²) in [6, 6.07) is 87.7. The van der Waals surface area contributed by atoms with E-state index in [2.05, 4.69) is 259 Å². The van der Waals surface area contributed by atoms with Gasteiger partial charge in [0.05, 0.1) is 17.4 Å². The van der Waals surface area contributed by atoms with E-state index in [9.17, 15) is 0 Å². The van der Waals surface area contributed by atoms with Crippen molar-refractivity contribution in [3.63, 3.8) is 0 Å². The average Bonchev–Trinajstić information content (AvgIpc) is 3.39. The van der Waals surface area contributed by atoms with Crippen molar-refractivity contribution in [3.8, 4) is 11.1 Å². The number of hydrogen-bond donors (Lipinski definition) is 0. The fourth-order valence-electron chi connectivity index (χ4n) is 10.6. The van der Waals surface area contributed by atoms with Crippen molar-refractivity contribution in [2.75, 3.05) is 9.80 Å². The zero-order valence-electron chi connectivity index (χ0n) is 36.4. The molecule has 0 N–H and O–H groups in total. The SMILES string of the molecule is C1=CC(N(c2ccc3ccccc3c2)c2c3ccccc3c(N(c3ccc4ccccc4c3)c3ccc4ccccc4c3)c3ccc(-c4ccc5ccccc5c4)cc23)Cc2ccccc21. The topological polar surface area (TPSA) is 6.48 Å². The summed E-state index contributed by atoms with van der Waals surface area (Å²) in [7, 11) is 0. The number of anilines is 5. The van der Waals surface area contributed by atoms with Crippen LogP contribution >= 0.6 is 0 Å². The quantitative estimate of drug-likeness (QED) is 0.117. The molecule has 2 nitrogen and oxygen atoms in total. The van der Waals surface area contributed by atoms with Crippen LogP contribution in [0.4, 0.5) is 28.4 Å². The third-order valence-electron chi connectivity index (χ3n) is 13.8. The summed E-state index contributed by atoms with van der Waals surface area (Å²) in [5.74, 6) is 0. The smallest absolute Gasteiger partial charge is 0.0619 e. The molecule has 1 aliphatic rings. The van der Waals surface area contributed by atoms with Gasteiger partial charge in [-0.25, -0.2) is 0 Å². The number of hydrogen-bond acceptors (Lipinski definition) is 2. The molecule has 1 atom stereocenters. The molecule has 0 amide bonds. The molecule has 1 unspecified atom stereocenters. The van der Waals surface area contributed by atoms with Crippen molar-refractivity contribution < 1.29 is 0 Å². The van der Waals surface area contributed by atoms with Crippen LogP contribution in [0.5, 0.6) is 0 Å². The fraction of sp³-hybridized carbons (Fsp3) is 0.0312. The van der Waals surface area contributed by atoms with Gasteiger partial charge in [0, 0.05) is 38.6 Å². The summed E-state index contributed by atoms with van der Waals surface area (Å²) in [4.78, 5) is 5.16. The molecule has 1 aliphatic carbocycles. The molecule has 0 radical (unpaired) electrons. The molecular weight excluding hydrogens is 797 g/mol. The highest BCUT2D eigenvalue weighted by molar-refractivity contribution is 6.23. The monoisotopic (exact) mass is 840 g/mol. The molecule has 12 aromatic rings. The Labute approximate surface area is 384 Å². The van der Waals surface area contributed by atoms with E-state index in [1.807, 2.05) is 0 Å². The van der Waals surface area contributed by atoms with Gasteiger partial charge in [0.25, 0.3) is 0 Å². The molecule has 0 bridgehead atoms. The minimum Gasteiger partial charge on any atom is -0.333 e. The van der Waals surface area contributed by atoms with E-state index in [-0.39, 0.29) is 6.04 Å². The van der Waals surface area contributed by atoms with Gasteiger partial charge in [-0.1, -0.05) is 200 Å². The molecule has 13 rings (SSSR count). The van der Waals surface area contributed by atoms with Crippen molar-refractivity contribution in [1.82, 2.24) is 0 Å². The van der Waals surface area contributed by atoms with Gasteiger partial charge in [-0.15, -0.1) is 0 Å². The predicted octanol–water partition coefficient (Wildman–Crippen LogP) is 17.5. The highest BCUT2D eigenvalue weighted by atomic mass is 15.2. The highest BCUT2D eigenvalue weighted by Gasteiger charge is 2.30. The Morgan fingerprint density at radius 3 is 1.38 bits per heavy atom. The van der Waals surface area contributed by atoms with Crippen molar-refractivity contribution in [2.45, 2.75) is 12.5 Å². The van der Waals surface area contributed by atoms with Crippen LogP contribution in [0.25, 0.3) is 81.8 Å². The minimum absolute atomic E-state index is 0.0416. The predicted molar refractivity (Wildman–Crippen MR) is 283 cm³/mol. The Morgan fingerprint density at radius 2 is 0.758 bits per heavy atom. The Balaban J connectivity index is 1.15. The van der Waals surface area contributed by atoms with E-state index >= 15 is 0 Å². The van der Waals surface area contributed by atoms with Crippen molar-refractivity contribution in [2.24, 2.45) is 0 Å². The van der Waals surface area contributed by atoms with Gasteiger partial charge < -0.3 is 9.80 Å². The van der Waals surface area contributed by atoms with E-state index in [4.69, 9.17) is 0 Å². The zero-order chi connectivity index (χ0) is 43.6. The first-order chi connectivity index (χ1) is 32.7. The van der Waals surface area contributed by atoms with E-state index in [1.165, 1.54) is 98.3 Å². The maximum Gasteiger partial charge on any atom is 0.0619 e. The van der Waals surface area contributed by atoms with Crippen molar-refractivity contribution in [1.29, 1.82) is 0 Å². The van der Waals surface area contributed by atoms with Crippen molar-refractivity contribution >= 4 is 99.1 Å². The van der Waals surface area contributed by atoms with Gasteiger partial charge in [-0.3, -0.25) is 0 Å². The zero-order valence-corrected chi connectivity index (χ0v) is 36.4. The molecule has 0 aromatic heterocycles. The summed E-state index contributed by atoms with van der Waals surface area (Å²) in [6.45, 7) is 0. The van der Waals surface area contributed by atoms with Gasteiger partial charge >= 0.3 is 0 Å². The van der Waals surface area contributed by atoms with Crippen LogP contribution in [0.2, 0.25) is 0 Å². The maximum atomic E-state index is 2.65. The molecule has 0 saturated heterocycles. The summed E-state index contributed by atoms with van der Waals surface area (Å²) in [5, 5.41) is 14.5. The van der Waals surface area contributed by atoms with Crippen LogP contribution in [-0.4, -0.2) is 6.04 Å². The molecule has 0 fully saturated rings. The summed E-state index contributed by atoms with van der Waals surface area (Å²) in [6.07, 6.45) is 5.63. The Kier molecular flexibility index (Phi) is 9.02. The van der Waals surface area contributed by atoms with Gasteiger partial charge in [-0.05, 0) is 120 Å². The van der Waals surface area contributed by atoms with Crippen LogP contribution in [0.15, 0.2) is 243 Å². The maximum absolute atomic E-state index is 2.65. The number of rotatable bonds is 7. The Bertz CT molecular complexity index is 3820. The molecule has 12 aromatic carbocycles. The summed E-state index contributed by atoms with van der Waals surface area (Å²) in [5.41, 5.74) is 10.8.